The molecule has 0 saturated carbocycles. The van der Waals surface area contributed by atoms with Gasteiger partial charge in [-0.1, -0.05) is 13.8 Å². The van der Waals surface area contributed by atoms with Crippen LogP contribution in [0, 0.1) is 21.4 Å². The van der Waals surface area contributed by atoms with Crippen molar-refractivity contribution in [2.24, 2.45) is 0 Å². The van der Waals surface area contributed by atoms with Crippen molar-refractivity contribution in [3.63, 3.8) is 0 Å². The first kappa shape index (κ1) is 16.9. The number of rotatable bonds is 7. The van der Waals surface area contributed by atoms with Crippen LogP contribution in [0.5, 0.6) is 5.75 Å². The van der Waals surface area contributed by atoms with E-state index in [0.29, 0.717) is 0 Å². The van der Waals surface area contributed by atoms with Crippen LogP contribution in [0.25, 0.3) is 0 Å². The Bertz CT molecular complexity index is 662. The van der Waals surface area contributed by atoms with E-state index in [4.69, 9.17) is 10.00 Å². The average Bonchev–Trinajstić information content (AvgIpc) is 2.45. The van der Waals surface area contributed by atoms with Crippen molar-refractivity contribution in [2.75, 3.05) is 19.7 Å². The van der Waals surface area contributed by atoms with Gasteiger partial charge in [0.2, 0.25) is 10.0 Å². The molecule has 1 rings (SSSR count). The molecule has 21 heavy (non-hydrogen) atoms. The van der Waals surface area contributed by atoms with E-state index in [1.165, 1.54) is 16.4 Å². The summed E-state index contributed by atoms with van der Waals surface area (Å²) in [6.45, 7) is 3.53. The van der Waals surface area contributed by atoms with Crippen LogP contribution in [0.15, 0.2) is 23.1 Å². The fourth-order valence-corrected chi connectivity index (χ4v) is 3.22. The molecule has 1 aromatic rings. The molecule has 0 saturated heterocycles. The lowest BCUT2D eigenvalue weighted by molar-refractivity contribution is -0.386. The molecule has 0 heterocycles. The fraction of sp³-hybridized carbons (Fsp3) is 0.417. The average molecular weight is 313 g/mol. The van der Waals surface area contributed by atoms with Gasteiger partial charge in [0.1, 0.15) is 6.07 Å². The van der Waals surface area contributed by atoms with Crippen molar-refractivity contribution in [1.29, 1.82) is 5.26 Å². The molecule has 0 N–H and O–H groups in total. The first-order valence-electron chi connectivity index (χ1n) is 6.16. The molecular weight excluding hydrogens is 298 g/mol. The SMILES string of the molecule is CCN(CC)S(=O)(=O)c1ccc(OCC#N)c([N+](=O)[O-])c1. The zero-order valence-corrected chi connectivity index (χ0v) is 12.5. The van der Waals surface area contributed by atoms with Crippen LogP contribution in [0.3, 0.4) is 0 Å². The predicted molar refractivity (Wildman–Crippen MR) is 74.3 cm³/mol. The van der Waals surface area contributed by atoms with Gasteiger partial charge in [-0.15, -0.1) is 0 Å². The Hall–Kier alpha value is -2.18. The highest BCUT2D eigenvalue weighted by Gasteiger charge is 2.26. The minimum Gasteiger partial charge on any atom is -0.472 e. The molecule has 0 atom stereocenters. The number of hydrogen-bond acceptors (Lipinski definition) is 6. The summed E-state index contributed by atoms with van der Waals surface area (Å²) in [4.78, 5) is 10.1. The normalized spacial score (nSPS) is 11.1. The Morgan fingerprint density at radius 1 is 1.38 bits per heavy atom. The van der Waals surface area contributed by atoms with Gasteiger partial charge in [0.25, 0.3) is 0 Å². The largest absolute Gasteiger partial charge is 0.472 e. The highest BCUT2D eigenvalue weighted by molar-refractivity contribution is 7.89. The van der Waals surface area contributed by atoms with E-state index in [-0.39, 0.29) is 30.3 Å². The molecule has 9 heteroatoms. The van der Waals surface area contributed by atoms with Gasteiger partial charge in [-0.3, -0.25) is 10.1 Å². The first-order chi connectivity index (χ1) is 9.88. The van der Waals surface area contributed by atoms with E-state index in [0.717, 1.165) is 6.07 Å². The van der Waals surface area contributed by atoms with Crippen LogP contribution in [0.1, 0.15) is 13.8 Å². The summed E-state index contributed by atoms with van der Waals surface area (Å²) in [5.41, 5.74) is -0.488. The molecule has 8 nitrogen and oxygen atoms in total. The topological polar surface area (TPSA) is 114 Å². The second-order valence-corrected chi connectivity index (χ2v) is 5.86. The lowest BCUT2D eigenvalue weighted by Gasteiger charge is -2.18. The van der Waals surface area contributed by atoms with Gasteiger partial charge in [0, 0.05) is 19.2 Å². The van der Waals surface area contributed by atoms with E-state index in [1.54, 1.807) is 19.9 Å². The highest BCUT2D eigenvalue weighted by Crippen LogP contribution is 2.30. The maximum Gasteiger partial charge on any atom is 0.312 e. The number of nitriles is 1. The van der Waals surface area contributed by atoms with Crippen LogP contribution in [-0.2, 0) is 10.0 Å². The number of nitro benzene ring substituents is 1. The summed E-state index contributed by atoms with van der Waals surface area (Å²) in [5, 5.41) is 19.4. The third-order valence-corrected chi connectivity index (χ3v) is 4.81. The number of sulfonamides is 1. The molecule has 0 aliphatic carbocycles. The fourth-order valence-electron chi connectivity index (χ4n) is 1.74. The highest BCUT2D eigenvalue weighted by atomic mass is 32.2. The van der Waals surface area contributed by atoms with Crippen LogP contribution in [-0.4, -0.2) is 37.3 Å². The molecule has 0 radical (unpaired) electrons. The number of nitro groups is 1. The second kappa shape index (κ2) is 7.01. The van der Waals surface area contributed by atoms with E-state index < -0.39 is 20.6 Å². The quantitative estimate of drug-likeness (QED) is 0.557. The molecule has 114 valence electrons. The summed E-state index contributed by atoms with van der Waals surface area (Å²) in [6.07, 6.45) is 0. The van der Waals surface area contributed by atoms with Crippen molar-refractivity contribution < 1.29 is 18.1 Å². The molecule has 0 aliphatic heterocycles. The molecule has 0 unspecified atom stereocenters. The third-order valence-electron chi connectivity index (χ3n) is 2.76. The monoisotopic (exact) mass is 313 g/mol. The second-order valence-electron chi connectivity index (χ2n) is 3.92. The minimum atomic E-state index is -3.79. The van der Waals surface area contributed by atoms with E-state index in [9.17, 15) is 18.5 Å². The predicted octanol–water partition coefficient (Wildman–Crippen LogP) is 1.53. The van der Waals surface area contributed by atoms with Crippen molar-refractivity contribution in [3.8, 4) is 11.8 Å². The standard InChI is InChI=1S/C12H15N3O5S/c1-3-14(4-2)21(18,19)10-5-6-12(20-8-7-13)11(9-10)15(16)17/h5-6,9H,3-4,8H2,1-2H3. The summed E-state index contributed by atoms with van der Waals surface area (Å²) < 4.78 is 30.7. The van der Waals surface area contributed by atoms with Crippen molar-refractivity contribution in [1.82, 2.24) is 4.31 Å². The van der Waals surface area contributed by atoms with Gasteiger partial charge in [-0.05, 0) is 12.1 Å². The van der Waals surface area contributed by atoms with Gasteiger partial charge in [-0.2, -0.15) is 9.57 Å². The van der Waals surface area contributed by atoms with Gasteiger partial charge >= 0.3 is 5.69 Å². The number of hydrogen-bond donors (Lipinski definition) is 0. The summed E-state index contributed by atoms with van der Waals surface area (Å²) in [7, 11) is -3.79. The van der Waals surface area contributed by atoms with Gasteiger partial charge < -0.3 is 4.74 Å². The molecule has 0 fully saturated rings. The molecule has 0 aliphatic rings. The minimum absolute atomic E-state index is 0.139. The van der Waals surface area contributed by atoms with Crippen LogP contribution < -0.4 is 4.74 Å². The Kier molecular flexibility index (Phi) is 5.63. The van der Waals surface area contributed by atoms with Crippen LogP contribution in [0.4, 0.5) is 5.69 Å². The number of nitrogens with zero attached hydrogens (tertiary/aromatic N) is 3. The maximum atomic E-state index is 12.3. The zero-order chi connectivity index (χ0) is 16.0. The number of benzene rings is 1. The Morgan fingerprint density at radius 3 is 2.48 bits per heavy atom. The Balaban J connectivity index is 3.32. The van der Waals surface area contributed by atoms with E-state index in [1.807, 2.05) is 0 Å². The summed E-state index contributed by atoms with van der Waals surface area (Å²) >= 11 is 0. The Labute approximate surface area is 122 Å². The summed E-state index contributed by atoms with van der Waals surface area (Å²) in [6, 6.07) is 5.05. The molecule has 0 aromatic heterocycles. The van der Waals surface area contributed by atoms with Gasteiger partial charge in [0.05, 0.1) is 9.82 Å². The van der Waals surface area contributed by atoms with E-state index >= 15 is 0 Å². The first-order valence-corrected chi connectivity index (χ1v) is 7.60. The number of ether oxygens (including phenoxy) is 1. The van der Waals surface area contributed by atoms with Crippen LogP contribution in [0.2, 0.25) is 0 Å². The van der Waals surface area contributed by atoms with Crippen molar-refractivity contribution in [3.05, 3.63) is 28.3 Å². The molecular formula is C12H15N3O5S. The van der Waals surface area contributed by atoms with Crippen LogP contribution >= 0.6 is 0 Å². The van der Waals surface area contributed by atoms with Crippen molar-refractivity contribution >= 4 is 15.7 Å². The zero-order valence-electron chi connectivity index (χ0n) is 11.6. The lowest BCUT2D eigenvalue weighted by Crippen LogP contribution is -2.30. The third kappa shape index (κ3) is 3.68. The Morgan fingerprint density at radius 2 is 2.00 bits per heavy atom. The van der Waals surface area contributed by atoms with Gasteiger partial charge in [0.15, 0.2) is 12.4 Å². The smallest absolute Gasteiger partial charge is 0.312 e. The lowest BCUT2D eigenvalue weighted by atomic mass is 10.3. The summed E-state index contributed by atoms with van der Waals surface area (Å²) in [5.74, 6) is -0.139. The van der Waals surface area contributed by atoms with E-state index in [2.05, 4.69) is 0 Å². The van der Waals surface area contributed by atoms with Crippen molar-refractivity contribution in [2.45, 2.75) is 18.7 Å². The molecule has 0 bridgehead atoms. The molecule has 1 aromatic carbocycles. The molecule has 0 amide bonds. The van der Waals surface area contributed by atoms with Gasteiger partial charge in [-0.25, -0.2) is 8.42 Å². The molecule has 0 spiro atoms. The maximum absolute atomic E-state index is 12.3.